The van der Waals surface area contributed by atoms with Gasteiger partial charge in [-0.25, -0.2) is 9.97 Å². The summed E-state index contributed by atoms with van der Waals surface area (Å²) in [5, 5.41) is 15.4. The monoisotopic (exact) mass is 388 g/mol. The predicted molar refractivity (Wildman–Crippen MR) is 109 cm³/mol. The first-order valence-corrected chi connectivity index (χ1v) is 10.3. The molecule has 7 heteroatoms. The Balaban J connectivity index is 1.54. The maximum atomic E-state index is 10.6. The van der Waals surface area contributed by atoms with Crippen molar-refractivity contribution in [2.45, 2.75) is 57.7 Å². The second-order valence-electron chi connectivity index (χ2n) is 8.74. The van der Waals surface area contributed by atoms with Crippen LogP contribution in [0.2, 0.25) is 0 Å². The highest BCUT2D eigenvalue weighted by Gasteiger charge is 2.28. The van der Waals surface area contributed by atoms with E-state index in [1.165, 1.54) is 12.8 Å². The van der Waals surface area contributed by atoms with Gasteiger partial charge >= 0.3 is 0 Å². The van der Waals surface area contributed by atoms with Gasteiger partial charge < -0.3 is 14.1 Å². The zero-order valence-corrected chi connectivity index (χ0v) is 16.7. The first-order valence-electron chi connectivity index (χ1n) is 10.3. The van der Waals surface area contributed by atoms with Crippen LogP contribution in [0.15, 0.2) is 36.8 Å². The maximum absolute atomic E-state index is 10.6. The Morgan fingerprint density at radius 2 is 2.03 bits per heavy atom. The van der Waals surface area contributed by atoms with Gasteiger partial charge in [0, 0.05) is 30.9 Å². The van der Waals surface area contributed by atoms with Gasteiger partial charge in [0.05, 0.1) is 23.6 Å². The first-order chi connectivity index (χ1) is 14.0. The van der Waals surface area contributed by atoms with Crippen molar-refractivity contribution in [2.24, 2.45) is 0 Å². The summed E-state index contributed by atoms with van der Waals surface area (Å²) in [7, 11) is 0. The SMILES string of the molecule is CC(C)(O)c1cnc2ccc(-c3c(-c4ccn(C5CC5)n4)nc4n3CCC4)cn12. The van der Waals surface area contributed by atoms with Crippen LogP contribution < -0.4 is 0 Å². The van der Waals surface area contributed by atoms with Gasteiger partial charge in [-0.2, -0.15) is 5.10 Å². The molecule has 148 valence electrons. The molecule has 0 bridgehead atoms. The molecule has 0 atom stereocenters. The number of hydrogen-bond donors (Lipinski definition) is 1. The topological polar surface area (TPSA) is 73.2 Å². The normalized spacial score (nSPS) is 16.7. The Morgan fingerprint density at radius 3 is 2.83 bits per heavy atom. The van der Waals surface area contributed by atoms with Gasteiger partial charge in [0.2, 0.25) is 0 Å². The molecule has 1 fully saturated rings. The van der Waals surface area contributed by atoms with Crippen LogP contribution in [0.1, 0.15) is 50.7 Å². The molecule has 7 nitrogen and oxygen atoms in total. The number of aromatic nitrogens is 6. The van der Waals surface area contributed by atoms with Gasteiger partial charge in [0.1, 0.15) is 28.5 Å². The molecule has 1 N–H and O–H groups in total. The molecular formula is C22H24N6O. The number of pyridine rings is 1. The van der Waals surface area contributed by atoms with E-state index >= 15 is 0 Å². The molecule has 0 saturated heterocycles. The van der Waals surface area contributed by atoms with Crippen LogP contribution >= 0.6 is 0 Å². The molecule has 4 aromatic heterocycles. The second-order valence-corrected chi connectivity index (χ2v) is 8.74. The average molecular weight is 388 g/mol. The summed E-state index contributed by atoms with van der Waals surface area (Å²) < 4.78 is 6.39. The number of nitrogens with zero attached hydrogens (tertiary/aromatic N) is 6. The van der Waals surface area contributed by atoms with Crippen molar-refractivity contribution in [3.05, 3.63) is 48.3 Å². The zero-order chi connectivity index (χ0) is 19.8. The summed E-state index contributed by atoms with van der Waals surface area (Å²) in [4.78, 5) is 9.44. The fraction of sp³-hybridized carbons (Fsp3) is 0.409. The predicted octanol–water partition coefficient (Wildman–Crippen LogP) is 3.57. The van der Waals surface area contributed by atoms with E-state index in [0.29, 0.717) is 6.04 Å². The Labute approximate surface area is 168 Å². The van der Waals surface area contributed by atoms with Crippen molar-refractivity contribution in [2.75, 3.05) is 0 Å². The summed E-state index contributed by atoms with van der Waals surface area (Å²) in [6.45, 7) is 4.55. The minimum atomic E-state index is -0.969. The number of aryl methyl sites for hydroxylation is 1. The van der Waals surface area contributed by atoms with E-state index in [9.17, 15) is 5.11 Å². The van der Waals surface area contributed by atoms with Crippen LogP contribution in [0.4, 0.5) is 0 Å². The second kappa shape index (κ2) is 5.79. The standard InChI is InChI=1S/C22H24N6O/c1-22(2,29)17-12-23-18-8-5-14(13-27(17)18)21-20(24-19-4-3-10-26(19)21)16-9-11-28(25-16)15-6-7-15/h5,8-9,11-13,15,29H,3-4,6-7,10H2,1-2H3. The van der Waals surface area contributed by atoms with Gasteiger partial charge in [-0.3, -0.25) is 4.68 Å². The van der Waals surface area contributed by atoms with E-state index < -0.39 is 5.60 Å². The molecule has 0 aromatic carbocycles. The van der Waals surface area contributed by atoms with E-state index in [4.69, 9.17) is 10.1 Å². The van der Waals surface area contributed by atoms with Gasteiger partial charge in [-0.05, 0) is 51.3 Å². The van der Waals surface area contributed by atoms with Crippen molar-refractivity contribution >= 4 is 5.65 Å². The molecule has 0 spiro atoms. The highest BCUT2D eigenvalue weighted by Crippen LogP contribution is 2.38. The van der Waals surface area contributed by atoms with Crippen molar-refractivity contribution < 1.29 is 5.11 Å². The van der Waals surface area contributed by atoms with E-state index in [-0.39, 0.29) is 0 Å². The molecule has 1 aliphatic carbocycles. The van der Waals surface area contributed by atoms with E-state index in [0.717, 1.165) is 59.2 Å². The minimum absolute atomic E-state index is 0.554. The fourth-order valence-electron chi connectivity index (χ4n) is 4.38. The van der Waals surface area contributed by atoms with E-state index in [1.54, 1.807) is 20.0 Å². The van der Waals surface area contributed by atoms with Crippen LogP contribution in [0.3, 0.4) is 0 Å². The van der Waals surface area contributed by atoms with Crippen LogP contribution in [0.25, 0.3) is 28.3 Å². The quantitative estimate of drug-likeness (QED) is 0.580. The molecule has 4 aromatic rings. The molecule has 0 amide bonds. The van der Waals surface area contributed by atoms with Crippen LogP contribution in [0.5, 0.6) is 0 Å². The summed E-state index contributed by atoms with van der Waals surface area (Å²) in [5.74, 6) is 1.13. The number of rotatable bonds is 4. The van der Waals surface area contributed by atoms with Gasteiger partial charge in [-0.15, -0.1) is 0 Å². The Bertz CT molecular complexity index is 1230. The minimum Gasteiger partial charge on any atom is -0.384 e. The number of aliphatic hydroxyl groups is 1. The largest absolute Gasteiger partial charge is 0.384 e. The van der Waals surface area contributed by atoms with Crippen molar-refractivity contribution in [1.82, 2.24) is 28.7 Å². The smallest absolute Gasteiger partial charge is 0.137 e. The Kier molecular flexibility index (Phi) is 3.39. The van der Waals surface area contributed by atoms with Crippen LogP contribution in [-0.2, 0) is 18.6 Å². The maximum Gasteiger partial charge on any atom is 0.137 e. The van der Waals surface area contributed by atoms with E-state index in [1.807, 2.05) is 10.5 Å². The third kappa shape index (κ3) is 2.64. The van der Waals surface area contributed by atoms with Crippen molar-refractivity contribution in [1.29, 1.82) is 0 Å². The average Bonchev–Trinajstić information content (AvgIpc) is 3.08. The van der Waals surface area contributed by atoms with Crippen LogP contribution in [0, 0.1) is 0 Å². The van der Waals surface area contributed by atoms with Gasteiger partial charge in [0.25, 0.3) is 0 Å². The summed E-state index contributed by atoms with van der Waals surface area (Å²) in [6, 6.07) is 6.74. The molecule has 1 saturated carbocycles. The molecule has 29 heavy (non-hydrogen) atoms. The highest BCUT2D eigenvalue weighted by molar-refractivity contribution is 5.78. The Morgan fingerprint density at radius 1 is 1.17 bits per heavy atom. The molecular weight excluding hydrogens is 364 g/mol. The fourth-order valence-corrected chi connectivity index (χ4v) is 4.38. The zero-order valence-electron chi connectivity index (χ0n) is 16.7. The third-order valence-corrected chi connectivity index (χ3v) is 6.01. The number of imidazole rings is 2. The van der Waals surface area contributed by atoms with Gasteiger partial charge in [-0.1, -0.05) is 0 Å². The van der Waals surface area contributed by atoms with Gasteiger partial charge in [0.15, 0.2) is 0 Å². The summed E-state index contributed by atoms with van der Waals surface area (Å²) in [5.41, 5.74) is 4.68. The lowest BCUT2D eigenvalue weighted by atomic mass is 10.1. The summed E-state index contributed by atoms with van der Waals surface area (Å²) in [6.07, 6.45) is 10.4. The lowest BCUT2D eigenvalue weighted by Gasteiger charge is -2.17. The lowest BCUT2D eigenvalue weighted by molar-refractivity contribution is 0.0730. The van der Waals surface area contributed by atoms with Crippen LogP contribution in [-0.4, -0.2) is 33.8 Å². The molecule has 0 unspecified atom stereocenters. The van der Waals surface area contributed by atoms with Crippen molar-refractivity contribution in [3.63, 3.8) is 0 Å². The molecule has 2 aliphatic rings. The first kappa shape index (κ1) is 17.0. The summed E-state index contributed by atoms with van der Waals surface area (Å²) >= 11 is 0. The Hall–Kier alpha value is -2.93. The third-order valence-electron chi connectivity index (χ3n) is 6.01. The number of fused-ring (bicyclic) bond motifs is 2. The highest BCUT2D eigenvalue weighted by atomic mass is 16.3. The van der Waals surface area contributed by atoms with E-state index in [2.05, 4.69) is 38.8 Å². The van der Waals surface area contributed by atoms with Crippen molar-refractivity contribution in [3.8, 4) is 22.6 Å². The molecule has 0 radical (unpaired) electrons. The molecule has 6 rings (SSSR count). The molecule has 5 heterocycles. The lowest BCUT2D eigenvalue weighted by Crippen LogP contribution is -2.18. The number of hydrogen-bond acceptors (Lipinski definition) is 4. The molecule has 1 aliphatic heterocycles.